The van der Waals surface area contributed by atoms with Crippen LogP contribution in [0.25, 0.3) is 16.6 Å². The number of carbonyl (C=O) groups is 1. The lowest BCUT2D eigenvalue weighted by molar-refractivity contribution is -0.122. The molecular formula is C26H34N6O3. The van der Waals surface area contributed by atoms with Crippen LogP contribution in [0.1, 0.15) is 43.9 Å². The average Bonchev–Trinajstić information content (AvgIpc) is 2.89. The molecule has 35 heavy (non-hydrogen) atoms. The first-order valence-electron chi connectivity index (χ1n) is 12.6. The van der Waals surface area contributed by atoms with Gasteiger partial charge in [0.05, 0.1) is 17.8 Å². The summed E-state index contributed by atoms with van der Waals surface area (Å²) in [4.78, 5) is 28.4. The van der Waals surface area contributed by atoms with Crippen LogP contribution in [-0.2, 0) is 20.7 Å². The fraction of sp³-hybridized carbons (Fsp3) is 0.538. The van der Waals surface area contributed by atoms with E-state index in [-0.39, 0.29) is 12.1 Å². The number of aromatic nitrogens is 3. The number of ketones is 1. The summed E-state index contributed by atoms with van der Waals surface area (Å²) in [5, 5.41) is 3.60. The normalized spacial score (nSPS) is 24.1. The lowest BCUT2D eigenvalue weighted by Crippen LogP contribution is -2.47. The zero-order chi connectivity index (χ0) is 24.4. The monoisotopic (exact) mass is 478 g/mol. The van der Waals surface area contributed by atoms with Gasteiger partial charge < -0.3 is 20.5 Å². The van der Waals surface area contributed by atoms with Gasteiger partial charge in [-0.25, -0.2) is 15.0 Å². The topological polar surface area (TPSA) is 115 Å². The summed E-state index contributed by atoms with van der Waals surface area (Å²) in [6.07, 6.45) is 11.9. The third kappa shape index (κ3) is 4.94. The van der Waals surface area contributed by atoms with E-state index >= 15 is 0 Å². The number of hydrogen-bond donors (Lipinski definition) is 2. The number of likely N-dealkylation sites (tertiary alicyclic amines) is 1. The number of carbonyl (C=O) groups excluding carboxylic acids is 1. The van der Waals surface area contributed by atoms with Crippen LogP contribution in [0.4, 0.5) is 11.6 Å². The second-order valence-electron chi connectivity index (χ2n) is 9.40. The minimum absolute atomic E-state index is 0.0911. The van der Waals surface area contributed by atoms with Crippen molar-refractivity contribution >= 4 is 34.0 Å². The average molecular weight is 479 g/mol. The van der Waals surface area contributed by atoms with Crippen molar-refractivity contribution in [2.75, 3.05) is 44.5 Å². The van der Waals surface area contributed by atoms with Gasteiger partial charge in [-0.1, -0.05) is 19.1 Å². The molecule has 0 bridgehead atoms. The minimum Gasteiger partial charge on any atom is -0.382 e. The number of rotatable bonds is 6. The number of pyridine rings is 1. The first kappa shape index (κ1) is 23.8. The molecule has 2 aromatic rings. The van der Waals surface area contributed by atoms with Crippen LogP contribution in [0.5, 0.6) is 0 Å². The molecule has 186 valence electrons. The Hall–Kier alpha value is -2.88. The summed E-state index contributed by atoms with van der Waals surface area (Å²) in [5.74, 6) is 1.52. The van der Waals surface area contributed by atoms with Gasteiger partial charge in [0.25, 0.3) is 0 Å². The highest BCUT2D eigenvalue weighted by molar-refractivity contribution is 5.96. The number of piperidine rings is 1. The lowest BCUT2D eigenvalue weighted by Gasteiger charge is -2.37. The maximum atomic E-state index is 11.7. The Balaban J connectivity index is 1.49. The maximum Gasteiger partial charge on any atom is 0.151 e. The van der Waals surface area contributed by atoms with Gasteiger partial charge in [0.15, 0.2) is 5.82 Å². The van der Waals surface area contributed by atoms with E-state index in [9.17, 15) is 4.79 Å². The molecular weight excluding hydrogens is 444 g/mol. The molecule has 4 heterocycles. The lowest BCUT2D eigenvalue weighted by atomic mass is 9.93. The van der Waals surface area contributed by atoms with Crippen molar-refractivity contribution in [3.05, 3.63) is 35.7 Å². The Kier molecular flexibility index (Phi) is 7.08. The van der Waals surface area contributed by atoms with Crippen LogP contribution in [0.2, 0.25) is 0 Å². The van der Waals surface area contributed by atoms with Crippen molar-refractivity contribution in [1.82, 2.24) is 19.9 Å². The molecule has 0 aromatic carbocycles. The number of nitrogens with zero attached hydrogens (tertiary/aromatic N) is 4. The van der Waals surface area contributed by atoms with Crippen LogP contribution in [0.3, 0.4) is 0 Å². The van der Waals surface area contributed by atoms with Crippen molar-refractivity contribution in [3.8, 4) is 0 Å². The Bertz CT molecular complexity index is 1150. The predicted molar refractivity (Wildman–Crippen MR) is 136 cm³/mol. The van der Waals surface area contributed by atoms with Crippen LogP contribution < -0.4 is 11.1 Å². The Morgan fingerprint density at radius 3 is 2.69 bits per heavy atom. The molecule has 0 spiro atoms. The fourth-order valence-corrected chi connectivity index (χ4v) is 5.13. The molecule has 2 aromatic heterocycles. The Labute approximate surface area is 205 Å². The van der Waals surface area contributed by atoms with E-state index in [2.05, 4.69) is 40.4 Å². The van der Waals surface area contributed by atoms with Crippen molar-refractivity contribution in [2.24, 2.45) is 0 Å². The van der Waals surface area contributed by atoms with E-state index < -0.39 is 0 Å². The summed E-state index contributed by atoms with van der Waals surface area (Å²) in [6, 6.07) is 0.403. The number of aryl methyl sites for hydroxylation is 1. The number of hydrogen-bond acceptors (Lipinski definition) is 9. The highest BCUT2D eigenvalue weighted by Gasteiger charge is 2.30. The predicted octanol–water partition coefficient (Wildman–Crippen LogP) is 2.76. The molecule has 2 aliphatic heterocycles. The molecule has 0 radical (unpaired) electrons. The van der Waals surface area contributed by atoms with E-state index in [4.69, 9.17) is 25.2 Å². The number of allylic oxidation sites excluding steroid dienone is 2. The standard InChI is InChI=1S/C26H34N6O3/c1-3-20-26(29-17-8-12-35-13-9-17)31-23-19(15-28-25(27)24(23)30-20)16-4-5-21(22(14-16)34-2)32-10-6-18(33)7-11-32/h4-5,14-15,17,21-22H,3,6-13H2,1-2H3,(H2,27,28)(H,29,31). The molecule has 0 amide bonds. The van der Waals surface area contributed by atoms with Crippen LogP contribution >= 0.6 is 0 Å². The van der Waals surface area contributed by atoms with Crippen molar-refractivity contribution in [2.45, 2.75) is 57.2 Å². The summed E-state index contributed by atoms with van der Waals surface area (Å²) >= 11 is 0. The smallest absolute Gasteiger partial charge is 0.151 e. The van der Waals surface area contributed by atoms with E-state index in [0.717, 1.165) is 73.7 Å². The van der Waals surface area contributed by atoms with Gasteiger partial charge in [0, 0.05) is 64.1 Å². The molecule has 3 N–H and O–H groups in total. The molecule has 3 aliphatic rings. The number of anilines is 2. The minimum atomic E-state index is -0.140. The van der Waals surface area contributed by atoms with Gasteiger partial charge in [0.2, 0.25) is 0 Å². The highest BCUT2D eigenvalue weighted by atomic mass is 16.5. The number of Topliss-reactive ketones (excluding diaryl/α,β-unsaturated/α-hetero) is 1. The van der Waals surface area contributed by atoms with Crippen LogP contribution in [0.15, 0.2) is 24.4 Å². The molecule has 0 saturated carbocycles. The Morgan fingerprint density at radius 2 is 1.97 bits per heavy atom. The summed E-state index contributed by atoms with van der Waals surface area (Å²) < 4.78 is 11.4. The number of ether oxygens (including phenoxy) is 2. The summed E-state index contributed by atoms with van der Waals surface area (Å²) in [5.41, 5.74) is 10.4. The molecule has 2 atom stereocenters. The van der Waals surface area contributed by atoms with Gasteiger partial charge in [-0.05, 0) is 30.9 Å². The molecule has 2 saturated heterocycles. The number of fused-ring (bicyclic) bond motifs is 1. The molecule has 9 heteroatoms. The first-order chi connectivity index (χ1) is 17.1. The van der Waals surface area contributed by atoms with E-state index in [1.807, 2.05) is 0 Å². The van der Waals surface area contributed by atoms with Crippen molar-refractivity contribution in [1.29, 1.82) is 0 Å². The largest absolute Gasteiger partial charge is 0.382 e. The van der Waals surface area contributed by atoms with Gasteiger partial charge in [-0.15, -0.1) is 0 Å². The zero-order valence-corrected chi connectivity index (χ0v) is 20.5. The molecule has 2 unspecified atom stereocenters. The highest BCUT2D eigenvalue weighted by Crippen LogP contribution is 2.32. The van der Waals surface area contributed by atoms with Crippen molar-refractivity contribution in [3.63, 3.8) is 0 Å². The quantitative estimate of drug-likeness (QED) is 0.646. The van der Waals surface area contributed by atoms with E-state index in [1.54, 1.807) is 13.3 Å². The number of nitrogen functional groups attached to an aromatic ring is 1. The number of methoxy groups -OCH3 is 1. The van der Waals surface area contributed by atoms with Gasteiger partial charge >= 0.3 is 0 Å². The summed E-state index contributed by atoms with van der Waals surface area (Å²) in [7, 11) is 1.72. The fourth-order valence-electron chi connectivity index (χ4n) is 5.13. The molecule has 5 rings (SSSR count). The Morgan fingerprint density at radius 1 is 1.20 bits per heavy atom. The van der Waals surface area contributed by atoms with Gasteiger partial charge in [-0.2, -0.15) is 0 Å². The summed E-state index contributed by atoms with van der Waals surface area (Å²) in [6.45, 7) is 5.10. The van der Waals surface area contributed by atoms with Gasteiger partial charge in [-0.3, -0.25) is 9.69 Å². The number of nitrogens with one attached hydrogen (secondary N) is 1. The van der Waals surface area contributed by atoms with E-state index in [1.165, 1.54) is 0 Å². The van der Waals surface area contributed by atoms with Crippen molar-refractivity contribution < 1.29 is 14.3 Å². The first-order valence-corrected chi connectivity index (χ1v) is 12.6. The van der Waals surface area contributed by atoms with E-state index in [0.29, 0.717) is 36.0 Å². The molecule has 2 fully saturated rings. The zero-order valence-electron chi connectivity index (χ0n) is 20.5. The van der Waals surface area contributed by atoms with Gasteiger partial charge in [0.1, 0.15) is 22.6 Å². The second-order valence-corrected chi connectivity index (χ2v) is 9.40. The SMILES string of the molecule is CCc1nc2c(N)ncc(C3=CC(OC)C(N4CCC(=O)CC4)C=C3)c2nc1NC1CCOCC1. The van der Waals surface area contributed by atoms with Crippen LogP contribution in [0, 0.1) is 0 Å². The maximum absolute atomic E-state index is 11.7. The molecule has 9 nitrogen and oxygen atoms in total. The van der Waals surface area contributed by atoms with Crippen LogP contribution in [-0.4, -0.2) is 77.2 Å². The second kappa shape index (κ2) is 10.4. The number of nitrogens with two attached hydrogens (primary N) is 1. The molecule has 1 aliphatic carbocycles. The third-order valence-electron chi connectivity index (χ3n) is 7.21. The third-order valence-corrected chi connectivity index (χ3v) is 7.21.